The fourth-order valence-corrected chi connectivity index (χ4v) is 3.11. The second kappa shape index (κ2) is 4.00. The predicted molar refractivity (Wildman–Crippen MR) is 81.3 cm³/mol. The first-order valence-electron chi connectivity index (χ1n) is 5.23. The molecule has 84 valence electrons. The Morgan fingerprint density at radius 3 is 2.59 bits per heavy atom. The van der Waals surface area contributed by atoms with E-state index in [1.165, 1.54) is 10.8 Å². The van der Waals surface area contributed by atoms with Crippen LogP contribution in [0.4, 0.5) is 0 Å². The molecule has 17 heavy (non-hydrogen) atoms. The number of rotatable bonds is 1. The minimum atomic E-state index is 1.03. The Kier molecular flexibility index (Phi) is 2.60. The lowest BCUT2D eigenvalue weighted by Crippen LogP contribution is -1.80. The Morgan fingerprint density at radius 1 is 1.06 bits per heavy atom. The molecule has 0 saturated carbocycles. The SMILES string of the molecule is C=Cc1cc2c([nH]c3ccccc32)c(Br)c1Br. The van der Waals surface area contributed by atoms with Crippen molar-refractivity contribution in [3.63, 3.8) is 0 Å². The molecule has 2 aromatic carbocycles. The van der Waals surface area contributed by atoms with Crippen molar-refractivity contribution in [1.29, 1.82) is 0 Å². The van der Waals surface area contributed by atoms with Crippen LogP contribution in [0, 0.1) is 0 Å². The normalized spacial score (nSPS) is 11.2. The molecule has 3 aromatic rings. The van der Waals surface area contributed by atoms with E-state index in [9.17, 15) is 0 Å². The van der Waals surface area contributed by atoms with Crippen LogP contribution in [0.25, 0.3) is 27.9 Å². The zero-order valence-electron chi connectivity index (χ0n) is 8.93. The molecule has 0 spiro atoms. The summed E-state index contributed by atoms with van der Waals surface area (Å²) in [5.41, 5.74) is 3.36. The van der Waals surface area contributed by atoms with Crippen LogP contribution in [0.3, 0.4) is 0 Å². The molecule has 0 amide bonds. The Labute approximate surface area is 116 Å². The second-order valence-electron chi connectivity index (χ2n) is 3.89. The van der Waals surface area contributed by atoms with Gasteiger partial charge in [-0.1, -0.05) is 30.9 Å². The highest BCUT2D eigenvalue weighted by atomic mass is 79.9. The number of aromatic nitrogens is 1. The topological polar surface area (TPSA) is 15.8 Å². The first-order valence-corrected chi connectivity index (χ1v) is 6.82. The van der Waals surface area contributed by atoms with Gasteiger partial charge in [-0.05, 0) is 49.6 Å². The Balaban J connectivity index is 2.58. The summed E-state index contributed by atoms with van der Waals surface area (Å²) in [7, 11) is 0. The lowest BCUT2D eigenvalue weighted by atomic mass is 10.1. The Hall–Kier alpha value is -1.06. The largest absolute Gasteiger partial charge is 0.354 e. The van der Waals surface area contributed by atoms with Crippen molar-refractivity contribution in [3.05, 3.63) is 51.4 Å². The number of benzene rings is 2. The molecular formula is C14H9Br2N. The monoisotopic (exact) mass is 349 g/mol. The highest BCUT2D eigenvalue weighted by molar-refractivity contribution is 9.13. The zero-order chi connectivity index (χ0) is 12.0. The van der Waals surface area contributed by atoms with E-state index in [4.69, 9.17) is 0 Å². The lowest BCUT2D eigenvalue weighted by molar-refractivity contribution is 1.51. The maximum absolute atomic E-state index is 3.84. The van der Waals surface area contributed by atoms with Crippen molar-refractivity contribution in [1.82, 2.24) is 4.98 Å². The van der Waals surface area contributed by atoms with Crippen LogP contribution in [0.1, 0.15) is 5.56 Å². The van der Waals surface area contributed by atoms with Gasteiger partial charge in [0.05, 0.1) is 9.99 Å². The van der Waals surface area contributed by atoms with E-state index in [1.807, 2.05) is 12.1 Å². The zero-order valence-corrected chi connectivity index (χ0v) is 12.1. The molecule has 1 N–H and O–H groups in total. The van der Waals surface area contributed by atoms with Gasteiger partial charge in [-0.25, -0.2) is 0 Å². The molecule has 0 aliphatic rings. The number of aromatic amines is 1. The molecule has 1 heterocycles. The van der Waals surface area contributed by atoms with Gasteiger partial charge in [0.15, 0.2) is 0 Å². The van der Waals surface area contributed by atoms with E-state index in [0.29, 0.717) is 0 Å². The Bertz CT molecular complexity index is 741. The van der Waals surface area contributed by atoms with Crippen LogP contribution in [0.15, 0.2) is 45.9 Å². The quantitative estimate of drug-likeness (QED) is 0.597. The highest BCUT2D eigenvalue weighted by Gasteiger charge is 2.11. The molecule has 0 unspecified atom stereocenters. The number of halogens is 2. The van der Waals surface area contributed by atoms with Gasteiger partial charge in [0.2, 0.25) is 0 Å². The molecule has 0 aliphatic heterocycles. The summed E-state index contributed by atoms with van der Waals surface area (Å²) in [6.45, 7) is 3.84. The maximum atomic E-state index is 3.84. The van der Waals surface area contributed by atoms with E-state index >= 15 is 0 Å². The van der Waals surface area contributed by atoms with Crippen LogP contribution < -0.4 is 0 Å². The highest BCUT2D eigenvalue weighted by Crippen LogP contribution is 2.38. The van der Waals surface area contributed by atoms with Crippen molar-refractivity contribution >= 4 is 59.7 Å². The summed E-state index contributed by atoms with van der Waals surface area (Å²) in [6.07, 6.45) is 1.86. The van der Waals surface area contributed by atoms with Gasteiger partial charge in [-0.2, -0.15) is 0 Å². The summed E-state index contributed by atoms with van der Waals surface area (Å²) in [4.78, 5) is 3.43. The summed E-state index contributed by atoms with van der Waals surface area (Å²) in [5, 5.41) is 2.45. The average Bonchev–Trinajstić information content (AvgIpc) is 2.72. The van der Waals surface area contributed by atoms with E-state index in [2.05, 4.69) is 67.7 Å². The van der Waals surface area contributed by atoms with E-state index < -0.39 is 0 Å². The van der Waals surface area contributed by atoms with Crippen LogP contribution >= 0.6 is 31.9 Å². The first-order chi connectivity index (χ1) is 8.22. The predicted octanol–water partition coefficient (Wildman–Crippen LogP) is 5.49. The number of fused-ring (bicyclic) bond motifs is 3. The average molecular weight is 351 g/mol. The van der Waals surface area contributed by atoms with Crippen LogP contribution in [-0.2, 0) is 0 Å². The molecular weight excluding hydrogens is 342 g/mol. The van der Waals surface area contributed by atoms with Crippen molar-refractivity contribution < 1.29 is 0 Å². The standard InChI is InChI=1S/C14H9Br2N/c1-2-8-7-10-9-5-3-4-6-11(9)17-14(10)13(16)12(8)15/h2-7,17H,1H2. The smallest absolute Gasteiger partial charge is 0.0621 e. The molecule has 0 bridgehead atoms. The van der Waals surface area contributed by atoms with Gasteiger partial charge in [-0.3, -0.25) is 0 Å². The second-order valence-corrected chi connectivity index (χ2v) is 5.48. The minimum Gasteiger partial charge on any atom is -0.354 e. The fourth-order valence-electron chi connectivity index (χ4n) is 2.09. The van der Waals surface area contributed by atoms with E-state index in [1.54, 1.807) is 0 Å². The molecule has 3 heteroatoms. The summed E-state index contributed by atoms with van der Waals surface area (Å²) < 4.78 is 2.08. The minimum absolute atomic E-state index is 1.03. The van der Waals surface area contributed by atoms with Gasteiger partial charge < -0.3 is 4.98 Å². The molecule has 0 saturated heterocycles. The summed E-state index contributed by atoms with van der Waals surface area (Å²) in [6, 6.07) is 10.5. The number of H-pyrrole nitrogens is 1. The van der Waals surface area contributed by atoms with Gasteiger partial charge in [-0.15, -0.1) is 0 Å². The number of para-hydroxylation sites is 1. The molecule has 1 nitrogen and oxygen atoms in total. The number of hydrogen-bond donors (Lipinski definition) is 1. The van der Waals surface area contributed by atoms with Crippen LogP contribution in [0.5, 0.6) is 0 Å². The maximum Gasteiger partial charge on any atom is 0.0621 e. The number of nitrogens with one attached hydrogen (secondary N) is 1. The van der Waals surface area contributed by atoms with Gasteiger partial charge in [0.1, 0.15) is 0 Å². The third kappa shape index (κ3) is 1.57. The third-order valence-electron chi connectivity index (χ3n) is 2.93. The van der Waals surface area contributed by atoms with Gasteiger partial charge >= 0.3 is 0 Å². The molecule has 0 fully saturated rings. The van der Waals surface area contributed by atoms with E-state index in [0.717, 1.165) is 25.5 Å². The van der Waals surface area contributed by atoms with Crippen molar-refractivity contribution in [3.8, 4) is 0 Å². The van der Waals surface area contributed by atoms with Gasteiger partial charge in [0.25, 0.3) is 0 Å². The van der Waals surface area contributed by atoms with Crippen molar-refractivity contribution in [2.24, 2.45) is 0 Å². The first kappa shape index (κ1) is 11.1. The fraction of sp³-hybridized carbons (Fsp3) is 0. The molecule has 0 atom stereocenters. The lowest BCUT2D eigenvalue weighted by Gasteiger charge is -2.03. The molecule has 0 aliphatic carbocycles. The summed E-state index contributed by atoms with van der Waals surface area (Å²) in [5.74, 6) is 0. The van der Waals surface area contributed by atoms with Crippen molar-refractivity contribution in [2.75, 3.05) is 0 Å². The van der Waals surface area contributed by atoms with Crippen molar-refractivity contribution in [2.45, 2.75) is 0 Å². The molecule has 0 radical (unpaired) electrons. The number of hydrogen-bond acceptors (Lipinski definition) is 0. The van der Waals surface area contributed by atoms with E-state index in [-0.39, 0.29) is 0 Å². The molecule has 1 aromatic heterocycles. The molecule has 3 rings (SSSR count). The third-order valence-corrected chi connectivity index (χ3v) is 5.11. The van der Waals surface area contributed by atoms with Crippen LogP contribution in [0.2, 0.25) is 0 Å². The van der Waals surface area contributed by atoms with Gasteiger partial charge in [0, 0.05) is 20.8 Å². The summed E-state index contributed by atoms with van der Waals surface area (Å²) >= 11 is 7.21. The Morgan fingerprint density at radius 2 is 1.82 bits per heavy atom. The van der Waals surface area contributed by atoms with Crippen LogP contribution in [-0.4, -0.2) is 4.98 Å².